The average Bonchev–Trinajstić information content (AvgIpc) is 3.39. The number of tetrazole rings is 1. The molecule has 0 N–H and O–H groups in total. The number of amides is 1. The van der Waals surface area contributed by atoms with Crippen LogP contribution in [0, 0.1) is 5.92 Å². The van der Waals surface area contributed by atoms with E-state index in [4.69, 9.17) is 0 Å². The number of hydrogen-bond acceptors (Lipinski definition) is 5. The van der Waals surface area contributed by atoms with Crippen LogP contribution in [0.2, 0.25) is 0 Å². The molecule has 1 saturated heterocycles. The first-order valence-corrected chi connectivity index (χ1v) is 11.0. The van der Waals surface area contributed by atoms with Gasteiger partial charge in [0.2, 0.25) is 11.1 Å². The molecule has 1 aromatic heterocycles. The van der Waals surface area contributed by atoms with Crippen LogP contribution in [-0.4, -0.2) is 49.9 Å². The fourth-order valence-corrected chi connectivity index (χ4v) is 5.06. The summed E-state index contributed by atoms with van der Waals surface area (Å²) in [4.78, 5) is 14.6. The Labute approximate surface area is 164 Å². The van der Waals surface area contributed by atoms with E-state index in [1.807, 2.05) is 9.58 Å². The minimum absolute atomic E-state index is 0.208. The van der Waals surface area contributed by atoms with Crippen LogP contribution in [0.25, 0.3) is 0 Å². The molecule has 1 aliphatic heterocycles. The standard InChI is InChI=1S/C20H27N5OS/c26-19(15-27-20-21-22-23-25(20)18-8-4-5-9-18)24-12-10-17(11-13-24)14-16-6-2-1-3-7-16/h1-3,6-7,17-18H,4-5,8-15H2. The van der Waals surface area contributed by atoms with Crippen molar-refractivity contribution in [3.63, 3.8) is 0 Å². The highest BCUT2D eigenvalue weighted by atomic mass is 32.2. The highest BCUT2D eigenvalue weighted by Gasteiger charge is 2.25. The lowest BCUT2D eigenvalue weighted by atomic mass is 9.90. The maximum Gasteiger partial charge on any atom is 0.233 e. The van der Waals surface area contributed by atoms with Crippen LogP contribution in [0.1, 0.15) is 50.1 Å². The van der Waals surface area contributed by atoms with E-state index in [0.717, 1.165) is 50.4 Å². The Hall–Kier alpha value is -1.89. The van der Waals surface area contributed by atoms with Gasteiger partial charge in [-0.2, -0.15) is 0 Å². The summed E-state index contributed by atoms with van der Waals surface area (Å²) in [6, 6.07) is 11.1. The third-order valence-corrected chi connectivity index (χ3v) is 6.71. The normalized spacial score (nSPS) is 18.9. The van der Waals surface area contributed by atoms with Crippen LogP contribution in [0.15, 0.2) is 35.5 Å². The highest BCUT2D eigenvalue weighted by molar-refractivity contribution is 7.99. The molecule has 144 valence electrons. The number of thioether (sulfide) groups is 1. The van der Waals surface area contributed by atoms with Crippen LogP contribution in [0.4, 0.5) is 0 Å². The second-order valence-electron chi connectivity index (χ2n) is 7.65. The predicted molar refractivity (Wildman–Crippen MR) is 105 cm³/mol. The molecule has 2 aliphatic rings. The van der Waals surface area contributed by atoms with Crippen molar-refractivity contribution in [2.75, 3.05) is 18.8 Å². The maximum atomic E-state index is 12.6. The number of carbonyl (C=O) groups excluding carboxylic acids is 1. The Kier molecular flexibility index (Phi) is 6.07. The quantitative estimate of drug-likeness (QED) is 0.714. The van der Waals surface area contributed by atoms with Crippen molar-refractivity contribution in [2.24, 2.45) is 5.92 Å². The van der Waals surface area contributed by atoms with Crippen molar-refractivity contribution < 1.29 is 4.79 Å². The molecule has 1 aromatic carbocycles. The van der Waals surface area contributed by atoms with Crippen molar-refractivity contribution in [3.8, 4) is 0 Å². The molecule has 2 fully saturated rings. The Morgan fingerprint density at radius 3 is 2.56 bits per heavy atom. The summed E-state index contributed by atoms with van der Waals surface area (Å²) in [5.41, 5.74) is 1.40. The molecule has 0 atom stereocenters. The van der Waals surface area contributed by atoms with Crippen molar-refractivity contribution in [1.82, 2.24) is 25.1 Å². The molecule has 1 aliphatic carbocycles. The molecular weight excluding hydrogens is 358 g/mol. The summed E-state index contributed by atoms with van der Waals surface area (Å²) in [6.07, 6.45) is 8.06. The Bertz CT molecular complexity index is 736. The van der Waals surface area contributed by atoms with E-state index in [0.29, 0.717) is 17.7 Å². The van der Waals surface area contributed by atoms with Crippen LogP contribution in [-0.2, 0) is 11.2 Å². The van der Waals surface area contributed by atoms with Crippen LogP contribution in [0.3, 0.4) is 0 Å². The minimum Gasteiger partial charge on any atom is -0.342 e. The number of likely N-dealkylation sites (tertiary alicyclic amines) is 1. The van der Waals surface area contributed by atoms with Gasteiger partial charge < -0.3 is 4.90 Å². The van der Waals surface area contributed by atoms with Crippen molar-refractivity contribution in [3.05, 3.63) is 35.9 Å². The lowest BCUT2D eigenvalue weighted by Gasteiger charge is -2.32. The zero-order valence-electron chi connectivity index (χ0n) is 15.7. The predicted octanol–water partition coefficient (Wildman–Crippen LogP) is 3.36. The largest absolute Gasteiger partial charge is 0.342 e. The van der Waals surface area contributed by atoms with Gasteiger partial charge in [-0.05, 0) is 54.0 Å². The fraction of sp³-hybridized carbons (Fsp3) is 0.600. The number of benzene rings is 1. The molecule has 0 unspecified atom stereocenters. The van der Waals surface area contributed by atoms with Gasteiger partial charge in [0, 0.05) is 13.1 Å². The number of rotatable bonds is 6. The molecule has 0 radical (unpaired) electrons. The van der Waals surface area contributed by atoms with Gasteiger partial charge in [0.15, 0.2) is 0 Å². The summed E-state index contributed by atoms with van der Waals surface area (Å²) >= 11 is 1.48. The summed E-state index contributed by atoms with van der Waals surface area (Å²) in [5.74, 6) is 1.31. The lowest BCUT2D eigenvalue weighted by molar-refractivity contribution is -0.129. The summed E-state index contributed by atoms with van der Waals surface area (Å²) in [7, 11) is 0. The van der Waals surface area contributed by atoms with E-state index < -0.39 is 0 Å². The third-order valence-electron chi connectivity index (χ3n) is 5.79. The topological polar surface area (TPSA) is 63.9 Å². The molecule has 0 bridgehead atoms. The van der Waals surface area contributed by atoms with Gasteiger partial charge in [-0.3, -0.25) is 4.79 Å². The van der Waals surface area contributed by atoms with Gasteiger partial charge in [-0.15, -0.1) is 5.10 Å². The Balaban J connectivity index is 1.24. The lowest BCUT2D eigenvalue weighted by Crippen LogP contribution is -2.39. The first kappa shape index (κ1) is 18.5. The zero-order chi connectivity index (χ0) is 18.5. The van der Waals surface area contributed by atoms with Crippen molar-refractivity contribution in [2.45, 2.75) is 56.1 Å². The molecule has 7 heteroatoms. The van der Waals surface area contributed by atoms with Gasteiger partial charge in [0.05, 0.1) is 11.8 Å². The molecule has 1 amide bonds. The zero-order valence-corrected chi connectivity index (χ0v) is 16.5. The van der Waals surface area contributed by atoms with E-state index >= 15 is 0 Å². The fourth-order valence-electron chi connectivity index (χ4n) is 4.21. The molecular formula is C20H27N5OS. The SMILES string of the molecule is O=C(CSc1nnnn1C1CCCC1)N1CCC(Cc2ccccc2)CC1. The highest BCUT2D eigenvalue weighted by Crippen LogP contribution is 2.31. The van der Waals surface area contributed by atoms with Gasteiger partial charge in [0.25, 0.3) is 0 Å². The number of piperidine rings is 1. The van der Waals surface area contributed by atoms with Crippen LogP contribution in [0.5, 0.6) is 0 Å². The first-order valence-electron chi connectivity index (χ1n) is 10.0. The summed E-state index contributed by atoms with van der Waals surface area (Å²) < 4.78 is 1.93. The van der Waals surface area contributed by atoms with Gasteiger partial charge in [0.1, 0.15) is 0 Å². The number of hydrogen-bond donors (Lipinski definition) is 0. The van der Waals surface area contributed by atoms with Gasteiger partial charge in [-0.1, -0.05) is 54.9 Å². The van der Waals surface area contributed by atoms with Crippen LogP contribution >= 0.6 is 11.8 Å². The number of aromatic nitrogens is 4. The Morgan fingerprint density at radius 1 is 1.07 bits per heavy atom. The molecule has 2 heterocycles. The summed E-state index contributed by atoms with van der Waals surface area (Å²) in [6.45, 7) is 1.73. The second-order valence-corrected chi connectivity index (χ2v) is 8.59. The average molecular weight is 386 g/mol. The molecule has 0 spiro atoms. The second kappa shape index (κ2) is 8.87. The summed E-state index contributed by atoms with van der Waals surface area (Å²) in [5, 5.41) is 12.9. The first-order chi connectivity index (χ1) is 13.3. The monoisotopic (exact) mass is 385 g/mol. The van der Waals surface area contributed by atoms with E-state index in [1.165, 1.54) is 30.2 Å². The number of carbonyl (C=O) groups is 1. The van der Waals surface area contributed by atoms with Crippen molar-refractivity contribution >= 4 is 17.7 Å². The molecule has 2 aromatic rings. The number of nitrogens with zero attached hydrogens (tertiary/aromatic N) is 5. The third kappa shape index (κ3) is 4.69. The molecule has 27 heavy (non-hydrogen) atoms. The van der Waals surface area contributed by atoms with E-state index in [2.05, 4.69) is 45.9 Å². The molecule has 4 rings (SSSR count). The van der Waals surface area contributed by atoms with E-state index in [1.54, 1.807) is 0 Å². The van der Waals surface area contributed by atoms with Gasteiger partial charge in [-0.25, -0.2) is 4.68 Å². The maximum absolute atomic E-state index is 12.6. The smallest absolute Gasteiger partial charge is 0.233 e. The van der Waals surface area contributed by atoms with Crippen molar-refractivity contribution in [1.29, 1.82) is 0 Å². The Morgan fingerprint density at radius 2 is 1.81 bits per heavy atom. The van der Waals surface area contributed by atoms with E-state index in [-0.39, 0.29) is 5.91 Å². The van der Waals surface area contributed by atoms with E-state index in [9.17, 15) is 4.79 Å². The molecule has 1 saturated carbocycles. The minimum atomic E-state index is 0.208. The van der Waals surface area contributed by atoms with Gasteiger partial charge >= 0.3 is 0 Å². The van der Waals surface area contributed by atoms with Crippen LogP contribution < -0.4 is 0 Å². The molecule has 6 nitrogen and oxygen atoms in total.